The Morgan fingerprint density at radius 3 is 1.94 bits per heavy atom. The zero-order chi connectivity index (χ0) is 12.3. The van der Waals surface area contributed by atoms with Crippen LogP contribution in [0.2, 0.25) is 0 Å². The molecule has 2 heteroatoms. The largest absolute Gasteiger partial charge is 1.00 e. The molecular formula is C16H28IN. The van der Waals surface area contributed by atoms with Gasteiger partial charge in [0.15, 0.2) is 0 Å². The number of halogens is 1. The van der Waals surface area contributed by atoms with Gasteiger partial charge in [-0.2, -0.15) is 0 Å². The third kappa shape index (κ3) is 9.89. The van der Waals surface area contributed by atoms with Gasteiger partial charge >= 0.3 is 0 Å². The number of unbranched alkanes of at least 4 members (excludes halogenated alkanes) is 5. The molecule has 104 valence electrons. The van der Waals surface area contributed by atoms with Gasteiger partial charge in [0.2, 0.25) is 0 Å². The molecule has 0 saturated carbocycles. The minimum Gasteiger partial charge on any atom is -1.00 e. The first-order valence-corrected chi connectivity index (χ1v) is 7.12. The Labute approximate surface area is 130 Å². The van der Waals surface area contributed by atoms with Crippen molar-refractivity contribution in [1.82, 2.24) is 0 Å². The smallest absolute Gasteiger partial charge is 0.0766 e. The van der Waals surface area contributed by atoms with Crippen LogP contribution in [0.4, 0.5) is 0 Å². The van der Waals surface area contributed by atoms with E-state index < -0.39 is 0 Å². The number of rotatable bonds is 9. The van der Waals surface area contributed by atoms with Crippen LogP contribution >= 0.6 is 0 Å². The standard InChI is InChI=1S/C16H27N.HI/c1-17(2)15-11-6-4-3-5-8-12-16-13-9-7-10-14-16;/h7,9-10,13-14H,3-6,8,11-12,15H2,1-2H3;1H. The van der Waals surface area contributed by atoms with E-state index in [1.807, 2.05) is 0 Å². The molecule has 1 N–H and O–H groups in total. The molecule has 0 atom stereocenters. The van der Waals surface area contributed by atoms with Crippen LogP contribution in [0.5, 0.6) is 0 Å². The number of aryl methyl sites for hydroxylation is 1. The van der Waals surface area contributed by atoms with Gasteiger partial charge in [-0.15, -0.1) is 0 Å². The maximum absolute atomic E-state index is 2.24. The molecule has 18 heavy (non-hydrogen) atoms. The number of benzene rings is 1. The lowest BCUT2D eigenvalue weighted by Crippen LogP contribution is -3.05. The van der Waals surface area contributed by atoms with E-state index >= 15 is 0 Å². The summed E-state index contributed by atoms with van der Waals surface area (Å²) in [5.41, 5.74) is 1.49. The van der Waals surface area contributed by atoms with Crippen molar-refractivity contribution in [2.45, 2.75) is 44.9 Å². The molecular weight excluding hydrogens is 333 g/mol. The van der Waals surface area contributed by atoms with Gasteiger partial charge in [-0.3, -0.25) is 0 Å². The topological polar surface area (TPSA) is 4.44 Å². The average Bonchev–Trinajstić information content (AvgIpc) is 2.33. The van der Waals surface area contributed by atoms with Gasteiger partial charge in [0.05, 0.1) is 20.6 Å². The van der Waals surface area contributed by atoms with Crippen molar-refractivity contribution < 1.29 is 28.9 Å². The molecule has 1 aromatic carbocycles. The first-order valence-electron chi connectivity index (χ1n) is 7.12. The van der Waals surface area contributed by atoms with Gasteiger partial charge in [0.1, 0.15) is 0 Å². The average molecular weight is 361 g/mol. The second-order valence-electron chi connectivity index (χ2n) is 5.31. The van der Waals surface area contributed by atoms with Crippen molar-refractivity contribution in [1.29, 1.82) is 0 Å². The highest BCUT2D eigenvalue weighted by Gasteiger charge is 1.95. The summed E-state index contributed by atoms with van der Waals surface area (Å²) in [5, 5.41) is 0. The molecule has 1 rings (SSSR count). The van der Waals surface area contributed by atoms with Gasteiger partial charge in [-0.25, -0.2) is 0 Å². The van der Waals surface area contributed by atoms with Crippen LogP contribution in [0.1, 0.15) is 44.1 Å². The minimum absolute atomic E-state index is 0. The molecule has 0 saturated heterocycles. The maximum Gasteiger partial charge on any atom is 0.0766 e. The molecule has 1 nitrogen and oxygen atoms in total. The van der Waals surface area contributed by atoms with Crippen LogP contribution in [0.25, 0.3) is 0 Å². The highest BCUT2D eigenvalue weighted by Crippen LogP contribution is 2.09. The Balaban J connectivity index is 0.00000289. The molecule has 0 aromatic heterocycles. The Hall–Kier alpha value is -0.0900. The number of hydrogen-bond acceptors (Lipinski definition) is 0. The summed E-state index contributed by atoms with van der Waals surface area (Å²) < 4.78 is 0. The zero-order valence-corrected chi connectivity index (χ0v) is 14.1. The van der Waals surface area contributed by atoms with E-state index in [0.717, 1.165) is 0 Å². The van der Waals surface area contributed by atoms with E-state index in [4.69, 9.17) is 0 Å². The summed E-state index contributed by atoms with van der Waals surface area (Å²) in [6.45, 7) is 1.32. The highest BCUT2D eigenvalue weighted by molar-refractivity contribution is 5.14. The van der Waals surface area contributed by atoms with Gasteiger partial charge < -0.3 is 28.9 Å². The first kappa shape index (κ1) is 17.9. The number of hydrogen-bond donors (Lipinski definition) is 1. The monoisotopic (exact) mass is 361 g/mol. The molecule has 0 fully saturated rings. The van der Waals surface area contributed by atoms with Crippen molar-refractivity contribution in [2.24, 2.45) is 0 Å². The second-order valence-corrected chi connectivity index (χ2v) is 5.31. The van der Waals surface area contributed by atoms with Crippen LogP contribution < -0.4 is 28.9 Å². The number of quaternary nitrogens is 1. The minimum atomic E-state index is 0. The second kappa shape index (κ2) is 12.0. The molecule has 0 aliphatic carbocycles. The van der Waals surface area contributed by atoms with Crippen LogP contribution in [0.3, 0.4) is 0 Å². The van der Waals surface area contributed by atoms with E-state index in [1.165, 1.54) is 57.1 Å². The molecule has 0 bridgehead atoms. The Morgan fingerprint density at radius 2 is 1.33 bits per heavy atom. The predicted molar refractivity (Wildman–Crippen MR) is 75.5 cm³/mol. The van der Waals surface area contributed by atoms with E-state index in [9.17, 15) is 0 Å². The van der Waals surface area contributed by atoms with Gasteiger partial charge in [0, 0.05) is 0 Å². The fourth-order valence-electron chi connectivity index (χ4n) is 2.16. The van der Waals surface area contributed by atoms with Crippen molar-refractivity contribution in [3.05, 3.63) is 35.9 Å². The fourth-order valence-corrected chi connectivity index (χ4v) is 2.16. The quantitative estimate of drug-likeness (QED) is 0.456. The third-order valence-electron chi connectivity index (χ3n) is 3.24. The van der Waals surface area contributed by atoms with E-state index in [2.05, 4.69) is 44.4 Å². The van der Waals surface area contributed by atoms with E-state index in [1.54, 1.807) is 4.90 Å². The molecule has 0 radical (unpaired) electrons. The first-order chi connectivity index (χ1) is 8.29. The summed E-state index contributed by atoms with van der Waals surface area (Å²) >= 11 is 0. The maximum atomic E-state index is 2.24. The van der Waals surface area contributed by atoms with Crippen molar-refractivity contribution in [2.75, 3.05) is 20.6 Å². The lowest BCUT2D eigenvalue weighted by Gasteiger charge is -2.06. The Kier molecular flexibility index (Phi) is 11.9. The van der Waals surface area contributed by atoms with Gasteiger partial charge in [-0.05, 0) is 31.2 Å². The number of nitrogens with one attached hydrogen (secondary N) is 1. The van der Waals surface area contributed by atoms with E-state index in [-0.39, 0.29) is 24.0 Å². The molecule has 0 aliphatic heterocycles. The molecule has 0 amide bonds. The fraction of sp³-hybridized carbons (Fsp3) is 0.625. The Bertz CT molecular complexity index is 272. The zero-order valence-electron chi connectivity index (χ0n) is 11.9. The van der Waals surface area contributed by atoms with Crippen LogP contribution in [0.15, 0.2) is 30.3 Å². The SMILES string of the molecule is C[NH+](C)CCCCCCCCc1ccccc1.[I-]. The van der Waals surface area contributed by atoms with Crippen molar-refractivity contribution in [3.8, 4) is 0 Å². The van der Waals surface area contributed by atoms with Crippen LogP contribution in [-0.4, -0.2) is 20.6 Å². The van der Waals surface area contributed by atoms with Crippen molar-refractivity contribution in [3.63, 3.8) is 0 Å². The van der Waals surface area contributed by atoms with Gasteiger partial charge in [0.25, 0.3) is 0 Å². The molecule has 0 heterocycles. The summed E-state index contributed by atoms with van der Waals surface area (Å²) in [6.07, 6.45) is 9.63. The molecule has 1 aromatic rings. The lowest BCUT2D eigenvalue weighted by atomic mass is 10.0. The summed E-state index contributed by atoms with van der Waals surface area (Å²) in [6, 6.07) is 10.8. The molecule has 0 unspecified atom stereocenters. The lowest BCUT2D eigenvalue weighted by molar-refractivity contribution is -0.858. The van der Waals surface area contributed by atoms with E-state index in [0.29, 0.717) is 0 Å². The van der Waals surface area contributed by atoms with Crippen LogP contribution in [0, 0.1) is 0 Å². The van der Waals surface area contributed by atoms with Crippen molar-refractivity contribution >= 4 is 0 Å². The normalized spacial score (nSPS) is 10.4. The molecule has 0 aliphatic rings. The predicted octanol–water partition coefficient (Wildman–Crippen LogP) is -0.282. The Morgan fingerprint density at radius 1 is 0.778 bits per heavy atom. The summed E-state index contributed by atoms with van der Waals surface area (Å²) in [5.74, 6) is 0. The summed E-state index contributed by atoms with van der Waals surface area (Å²) in [4.78, 5) is 1.58. The molecule has 0 spiro atoms. The third-order valence-corrected chi connectivity index (χ3v) is 3.24. The summed E-state index contributed by atoms with van der Waals surface area (Å²) in [7, 11) is 4.47. The highest BCUT2D eigenvalue weighted by atomic mass is 127. The van der Waals surface area contributed by atoms with Gasteiger partial charge in [-0.1, -0.05) is 49.6 Å². The van der Waals surface area contributed by atoms with Crippen LogP contribution in [-0.2, 0) is 6.42 Å².